The fourth-order valence-electron chi connectivity index (χ4n) is 5.62. The van der Waals surface area contributed by atoms with E-state index in [2.05, 4.69) is 10.1 Å². The zero-order chi connectivity index (χ0) is 29.8. The van der Waals surface area contributed by atoms with E-state index in [1.807, 2.05) is 0 Å². The highest BCUT2D eigenvalue weighted by atomic mass is 19.4. The number of para-hydroxylation sites is 1. The molecule has 4 rings (SSSR count). The summed E-state index contributed by atoms with van der Waals surface area (Å²) in [6.45, 7) is 0.575. The maximum absolute atomic E-state index is 15.3. The van der Waals surface area contributed by atoms with Crippen LogP contribution in [-0.2, 0) is 20.2 Å². The van der Waals surface area contributed by atoms with Crippen LogP contribution in [0.4, 0.5) is 26.3 Å². The molecule has 0 saturated carbocycles. The number of halogens is 6. The zero-order valence-corrected chi connectivity index (χ0v) is 22.2. The van der Waals surface area contributed by atoms with E-state index in [1.54, 1.807) is 13.2 Å². The number of hydrogen-bond donors (Lipinski definition) is 1. The van der Waals surface area contributed by atoms with Crippen LogP contribution < -0.4 is 14.8 Å². The molecule has 41 heavy (non-hydrogen) atoms. The summed E-state index contributed by atoms with van der Waals surface area (Å²) >= 11 is 0. The number of hydrogen-bond acceptors (Lipinski definition) is 5. The Morgan fingerprint density at radius 3 is 2.44 bits per heavy atom. The third kappa shape index (κ3) is 6.88. The Morgan fingerprint density at radius 1 is 1.05 bits per heavy atom. The van der Waals surface area contributed by atoms with Crippen molar-refractivity contribution in [3.8, 4) is 11.5 Å². The van der Waals surface area contributed by atoms with Crippen molar-refractivity contribution >= 4 is 11.8 Å². The van der Waals surface area contributed by atoms with Gasteiger partial charge in [-0.1, -0.05) is 18.2 Å². The molecule has 1 atom stereocenters. The van der Waals surface area contributed by atoms with E-state index in [9.17, 15) is 27.2 Å². The second kappa shape index (κ2) is 12.2. The van der Waals surface area contributed by atoms with Gasteiger partial charge in [-0.05, 0) is 42.0 Å². The Morgan fingerprint density at radius 2 is 1.76 bits per heavy atom. The van der Waals surface area contributed by atoms with Gasteiger partial charge in [0.05, 0.1) is 12.2 Å². The van der Waals surface area contributed by atoms with Gasteiger partial charge < -0.3 is 24.4 Å². The van der Waals surface area contributed by atoms with Crippen molar-refractivity contribution in [1.82, 2.24) is 10.2 Å². The number of amides is 2. The number of carbonyl (C=O) groups is 2. The SMILES string of the molecule is COCCCOc1cc(F)ccc1C1CNC(=O)CC12CCN(C(=O)C(F)(F)c1ccccc1OC(F)(F)F)CC2. The van der Waals surface area contributed by atoms with E-state index < -0.39 is 40.7 Å². The van der Waals surface area contributed by atoms with Crippen molar-refractivity contribution in [2.45, 2.75) is 43.9 Å². The van der Waals surface area contributed by atoms with Gasteiger partial charge in [-0.2, -0.15) is 8.78 Å². The van der Waals surface area contributed by atoms with Gasteiger partial charge in [-0.15, -0.1) is 13.2 Å². The normalized spacial score (nSPS) is 19.1. The van der Waals surface area contributed by atoms with E-state index in [1.165, 1.54) is 12.1 Å². The van der Waals surface area contributed by atoms with Gasteiger partial charge in [-0.3, -0.25) is 9.59 Å². The summed E-state index contributed by atoms with van der Waals surface area (Å²) in [5, 5.41) is 2.81. The van der Waals surface area contributed by atoms with Crippen LogP contribution in [0.2, 0.25) is 0 Å². The predicted molar refractivity (Wildman–Crippen MR) is 134 cm³/mol. The quantitative estimate of drug-likeness (QED) is 0.324. The first-order valence-corrected chi connectivity index (χ1v) is 13.1. The minimum absolute atomic E-state index is 0.0544. The van der Waals surface area contributed by atoms with E-state index in [0.717, 1.165) is 23.1 Å². The Balaban J connectivity index is 1.55. The van der Waals surface area contributed by atoms with E-state index in [4.69, 9.17) is 9.47 Å². The number of nitrogens with zero attached hydrogens (tertiary/aromatic N) is 1. The first-order valence-electron chi connectivity index (χ1n) is 13.1. The van der Waals surface area contributed by atoms with Crippen LogP contribution in [0.5, 0.6) is 11.5 Å². The number of piperidine rings is 2. The van der Waals surface area contributed by atoms with Gasteiger partial charge in [0, 0.05) is 58.2 Å². The number of rotatable bonds is 9. The van der Waals surface area contributed by atoms with Crippen LogP contribution in [0, 0.1) is 11.2 Å². The maximum atomic E-state index is 15.3. The van der Waals surface area contributed by atoms with Crippen molar-refractivity contribution < 1.29 is 50.1 Å². The molecule has 224 valence electrons. The van der Waals surface area contributed by atoms with Gasteiger partial charge in [0.2, 0.25) is 5.91 Å². The van der Waals surface area contributed by atoms with Gasteiger partial charge in [0.25, 0.3) is 5.91 Å². The highest BCUT2D eigenvalue weighted by Gasteiger charge is 2.52. The molecule has 2 saturated heterocycles. The molecule has 1 N–H and O–H groups in total. The molecule has 1 spiro atoms. The molecule has 2 aromatic carbocycles. The minimum atomic E-state index is -5.23. The van der Waals surface area contributed by atoms with E-state index in [0.29, 0.717) is 30.4 Å². The average Bonchev–Trinajstić information content (AvgIpc) is 2.91. The Hall–Kier alpha value is -3.48. The molecule has 13 heteroatoms. The minimum Gasteiger partial charge on any atom is -0.493 e. The van der Waals surface area contributed by atoms with Gasteiger partial charge in [0.1, 0.15) is 17.3 Å². The summed E-state index contributed by atoms with van der Waals surface area (Å²) < 4.78 is 97.8. The fraction of sp³-hybridized carbons (Fsp3) is 0.500. The molecule has 7 nitrogen and oxygen atoms in total. The lowest BCUT2D eigenvalue weighted by Gasteiger charge is -2.49. The van der Waals surface area contributed by atoms with Gasteiger partial charge >= 0.3 is 12.3 Å². The summed E-state index contributed by atoms with van der Waals surface area (Å²) in [6, 6.07) is 7.73. The number of carbonyl (C=O) groups excluding carboxylic acids is 2. The van der Waals surface area contributed by atoms with Crippen molar-refractivity contribution in [3.63, 3.8) is 0 Å². The maximum Gasteiger partial charge on any atom is 0.573 e. The third-order valence-electron chi connectivity index (χ3n) is 7.62. The van der Waals surface area contributed by atoms with Crippen LogP contribution in [0.15, 0.2) is 42.5 Å². The second-order valence-corrected chi connectivity index (χ2v) is 10.2. The molecule has 1 unspecified atom stereocenters. The average molecular weight is 589 g/mol. The van der Waals surface area contributed by atoms with Crippen molar-refractivity contribution in [1.29, 1.82) is 0 Å². The molecule has 2 heterocycles. The second-order valence-electron chi connectivity index (χ2n) is 10.2. The number of ether oxygens (including phenoxy) is 3. The molecule has 0 aromatic heterocycles. The third-order valence-corrected chi connectivity index (χ3v) is 7.62. The zero-order valence-electron chi connectivity index (χ0n) is 22.2. The lowest BCUT2D eigenvalue weighted by molar-refractivity contribution is -0.275. The van der Waals surface area contributed by atoms with Crippen molar-refractivity contribution in [3.05, 3.63) is 59.4 Å². The van der Waals surface area contributed by atoms with Crippen LogP contribution >= 0.6 is 0 Å². The highest BCUT2D eigenvalue weighted by molar-refractivity contribution is 5.86. The first kappa shape index (κ1) is 30.5. The Bertz CT molecular complexity index is 1250. The first-order chi connectivity index (χ1) is 19.4. The van der Waals surface area contributed by atoms with Crippen LogP contribution in [0.25, 0.3) is 0 Å². The Labute approximate surface area is 232 Å². The summed E-state index contributed by atoms with van der Waals surface area (Å²) in [6.07, 6.45) is -4.29. The molecular formula is C28H30F6N2O5. The van der Waals surface area contributed by atoms with Gasteiger partial charge in [-0.25, -0.2) is 4.39 Å². The van der Waals surface area contributed by atoms with Crippen LogP contribution in [-0.4, -0.2) is 63.0 Å². The number of nitrogens with one attached hydrogen (secondary N) is 1. The fourth-order valence-corrected chi connectivity index (χ4v) is 5.62. The van der Waals surface area contributed by atoms with E-state index >= 15 is 8.78 Å². The summed E-state index contributed by atoms with van der Waals surface area (Å²) in [5.41, 5.74) is -1.29. The smallest absolute Gasteiger partial charge is 0.493 e. The lowest BCUT2D eigenvalue weighted by Crippen LogP contribution is -2.54. The standard InChI is InChI=1S/C28H30F6N2O5/c1-39-13-4-14-40-23-15-18(29)7-8-19(23)21-17-35-24(37)16-26(21)9-11-36(12-10-26)25(38)27(30,31)20-5-2-3-6-22(20)41-28(32,33)34/h2-3,5-8,15,21H,4,9-14,16-17H2,1H3,(H,35,37). The summed E-state index contributed by atoms with van der Waals surface area (Å²) in [7, 11) is 1.55. The summed E-state index contributed by atoms with van der Waals surface area (Å²) in [4.78, 5) is 26.4. The number of benzene rings is 2. The molecule has 2 amide bonds. The molecule has 2 aliphatic rings. The van der Waals surface area contributed by atoms with Crippen LogP contribution in [0.3, 0.4) is 0 Å². The number of likely N-dealkylation sites (tertiary alicyclic amines) is 1. The molecule has 0 radical (unpaired) electrons. The van der Waals surface area contributed by atoms with Gasteiger partial charge in [0.15, 0.2) is 0 Å². The highest BCUT2D eigenvalue weighted by Crippen LogP contribution is 2.51. The number of alkyl halides is 5. The Kier molecular flexibility index (Phi) is 9.05. The number of methoxy groups -OCH3 is 1. The molecule has 0 bridgehead atoms. The van der Waals surface area contributed by atoms with E-state index in [-0.39, 0.29) is 57.3 Å². The topological polar surface area (TPSA) is 77.1 Å². The predicted octanol–water partition coefficient (Wildman–Crippen LogP) is 5.14. The monoisotopic (exact) mass is 588 g/mol. The largest absolute Gasteiger partial charge is 0.573 e. The molecule has 0 aliphatic carbocycles. The van der Waals surface area contributed by atoms with Crippen molar-refractivity contribution in [2.75, 3.05) is 40.0 Å². The summed E-state index contributed by atoms with van der Waals surface area (Å²) in [5.74, 6) is -7.94. The molecular weight excluding hydrogens is 558 g/mol. The molecule has 2 fully saturated rings. The lowest BCUT2D eigenvalue weighted by atomic mass is 9.62. The molecule has 2 aliphatic heterocycles. The van der Waals surface area contributed by atoms with Crippen LogP contribution in [0.1, 0.15) is 42.7 Å². The molecule has 2 aromatic rings. The van der Waals surface area contributed by atoms with Crippen molar-refractivity contribution in [2.24, 2.45) is 5.41 Å².